The predicted molar refractivity (Wildman–Crippen MR) is 77.6 cm³/mol. The molecule has 0 bridgehead atoms. The normalized spacial score (nSPS) is 29.2. The average molecular weight is 296 g/mol. The lowest BCUT2D eigenvalue weighted by Gasteiger charge is -2.36. The van der Waals surface area contributed by atoms with E-state index in [1.165, 1.54) is 38.2 Å². The van der Waals surface area contributed by atoms with Gasteiger partial charge in [-0.25, -0.2) is 13.2 Å². The van der Waals surface area contributed by atoms with Crippen LogP contribution in [-0.2, 0) is 12.8 Å². The Labute approximate surface area is 124 Å². The third-order valence-corrected chi connectivity index (χ3v) is 5.74. The molecule has 1 saturated carbocycles. The Balaban J connectivity index is 1.73. The Hall–Kier alpha value is -0.990. The highest BCUT2D eigenvalue weighted by molar-refractivity contribution is 5.33. The average Bonchev–Trinajstić information content (AvgIpc) is 2.52. The molecule has 0 amide bonds. The molecule has 1 aromatic rings. The standard InChI is InChI=1S/C18H23F3/c1-2-11-3-5-12(6-4-11)13-7-8-15-14(9-13)10-16(19)18(21)17(15)20/h10-13H,2-9H2,1H3. The van der Waals surface area contributed by atoms with E-state index in [1.54, 1.807) is 0 Å². The Bertz CT molecular complexity index is 516. The minimum atomic E-state index is -1.31. The fraction of sp³-hybridized carbons (Fsp3) is 0.667. The molecule has 1 unspecified atom stereocenters. The van der Waals surface area contributed by atoms with Crippen molar-refractivity contribution in [3.63, 3.8) is 0 Å². The van der Waals surface area contributed by atoms with Crippen molar-refractivity contribution < 1.29 is 13.2 Å². The van der Waals surface area contributed by atoms with Crippen LogP contribution in [-0.4, -0.2) is 0 Å². The summed E-state index contributed by atoms with van der Waals surface area (Å²) in [4.78, 5) is 0. The highest BCUT2D eigenvalue weighted by Crippen LogP contribution is 2.41. The van der Waals surface area contributed by atoms with Gasteiger partial charge in [0.05, 0.1) is 0 Å². The lowest BCUT2D eigenvalue weighted by molar-refractivity contribution is 0.186. The molecular weight excluding hydrogens is 273 g/mol. The Kier molecular flexibility index (Phi) is 4.28. The molecule has 3 heteroatoms. The zero-order valence-electron chi connectivity index (χ0n) is 12.6. The van der Waals surface area contributed by atoms with Crippen LogP contribution in [0.5, 0.6) is 0 Å². The maximum absolute atomic E-state index is 13.8. The summed E-state index contributed by atoms with van der Waals surface area (Å²) >= 11 is 0. The molecule has 0 aliphatic heterocycles. The summed E-state index contributed by atoms with van der Waals surface area (Å²) < 4.78 is 40.5. The van der Waals surface area contributed by atoms with Crippen LogP contribution in [0.25, 0.3) is 0 Å². The van der Waals surface area contributed by atoms with Gasteiger partial charge in [-0.3, -0.25) is 0 Å². The van der Waals surface area contributed by atoms with Gasteiger partial charge in [0.2, 0.25) is 0 Å². The maximum atomic E-state index is 13.8. The molecule has 3 rings (SSSR count). The molecule has 0 radical (unpaired) electrons. The smallest absolute Gasteiger partial charge is 0.194 e. The lowest BCUT2D eigenvalue weighted by atomic mass is 9.69. The maximum Gasteiger partial charge on any atom is 0.194 e. The topological polar surface area (TPSA) is 0 Å². The van der Waals surface area contributed by atoms with Gasteiger partial charge in [-0.1, -0.05) is 26.2 Å². The molecule has 0 nitrogen and oxygen atoms in total. The molecule has 1 aromatic carbocycles. The van der Waals surface area contributed by atoms with Crippen LogP contribution in [0.2, 0.25) is 0 Å². The van der Waals surface area contributed by atoms with Crippen molar-refractivity contribution >= 4 is 0 Å². The SMILES string of the molecule is CCC1CCC(C2CCc3c(cc(F)c(F)c3F)C2)CC1. The van der Waals surface area contributed by atoms with E-state index in [1.807, 2.05) is 0 Å². The summed E-state index contributed by atoms with van der Waals surface area (Å²) in [6, 6.07) is 1.22. The second-order valence-electron chi connectivity index (χ2n) is 6.82. The molecule has 116 valence electrons. The number of hydrogen-bond donors (Lipinski definition) is 0. The number of hydrogen-bond acceptors (Lipinski definition) is 0. The van der Waals surface area contributed by atoms with E-state index in [-0.39, 0.29) is 0 Å². The summed E-state index contributed by atoms with van der Waals surface area (Å²) in [5.74, 6) is -1.26. The molecule has 0 saturated heterocycles. The lowest BCUT2D eigenvalue weighted by Crippen LogP contribution is -2.27. The predicted octanol–water partition coefficient (Wildman–Crippen LogP) is 5.43. The van der Waals surface area contributed by atoms with Crippen LogP contribution in [0, 0.1) is 35.2 Å². The summed E-state index contributed by atoms with van der Waals surface area (Å²) in [7, 11) is 0. The first-order valence-electron chi connectivity index (χ1n) is 8.25. The molecule has 2 aliphatic rings. The highest BCUT2D eigenvalue weighted by Gasteiger charge is 2.32. The van der Waals surface area contributed by atoms with Gasteiger partial charge in [-0.05, 0) is 67.1 Å². The zero-order chi connectivity index (χ0) is 15.0. The van der Waals surface area contributed by atoms with Gasteiger partial charge in [0.15, 0.2) is 17.5 Å². The molecule has 0 heterocycles. The van der Waals surface area contributed by atoms with Crippen LogP contribution < -0.4 is 0 Å². The molecular formula is C18H23F3. The van der Waals surface area contributed by atoms with Gasteiger partial charge in [-0.2, -0.15) is 0 Å². The number of halogens is 3. The molecule has 2 aliphatic carbocycles. The van der Waals surface area contributed by atoms with E-state index in [9.17, 15) is 13.2 Å². The summed E-state index contributed by atoms with van der Waals surface area (Å²) in [6.45, 7) is 2.25. The van der Waals surface area contributed by atoms with Gasteiger partial charge in [0, 0.05) is 0 Å². The summed E-state index contributed by atoms with van der Waals surface area (Å²) in [6.07, 6.45) is 8.50. The number of benzene rings is 1. The van der Waals surface area contributed by atoms with Gasteiger partial charge >= 0.3 is 0 Å². The van der Waals surface area contributed by atoms with Crippen molar-refractivity contribution in [2.45, 2.75) is 58.3 Å². The fourth-order valence-electron chi connectivity index (χ4n) is 4.32. The number of rotatable bonds is 2. The quantitative estimate of drug-likeness (QED) is 0.639. The van der Waals surface area contributed by atoms with Gasteiger partial charge in [0.25, 0.3) is 0 Å². The second-order valence-corrected chi connectivity index (χ2v) is 6.82. The monoisotopic (exact) mass is 296 g/mol. The minimum absolute atomic E-state index is 0.410. The van der Waals surface area contributed by atoms with E-state index in [4.69, 9.17) is 0 Å². The van der Waals surface area contributed by atoms with Crippen molar-refractivity contribution in [2.75, 3.05) is 0 Å². The van der Waals surface area contributed by atoms with Gasteiger partial charge in [-0.15, -0.1) is 0 Å². The summed E-state index contributed by atoms with van der Waals surface area (Å²) in [5, 5.41) is 0. The van der Waals surface area contributed by atoms with Crippen molar-refractivity contribution in [1.29, 1.82) is 0 Å². The molecule has 0 N–H and O–H groups in total. The van der Waals surface area contributed by atoms with Gasteiger partial charge in [0.1, 0.15) is 0 Å². The van der Waals surface area contributed by atoms with Crippen LogP contribution in [0.15, 0.2) is 6.07 Å². The molecule has 0 spiro atoms. The minimum Gasteiger partial charge on any atom is -0.204 e. The van der Waals surface area contributed by atoms with Crippen LogP contribution in [0.1, 0.15) is 56.6 Å². The van der Waals surface area contributed by atoms with E-state index in [2.05, 4.69) is 6.92 Å². The van der Waals surface area contributed by atoms with Gasteiger partial charge < -0.3 is 0 Å². The van der Waals surface area contributed by atoms with E-state index in [0.29, 0.717) is 35.8 Å². The molecule has 1 atom stereocenters. The molecule has 0 aromatic heterocycles. The first-order valence-corrected chi connectivity index (χ1v) is 8.25. The van der Waals surface area contributed by atoms with E-state index >= 15 is 0 Å². The number of fused-ring (bicyclic) bond motifs is 1. The molecule has 1 fully saturated rings. The second kappa shape index (κ2) is 6.02. The van der Waals surface area contributed by atoms with Crippen LogP contribution in [0.4, 0.5) is 13.2 Å². The zero-order valence-corrected chi connectivity index (χ0v) is 12.6. The molecule has 21 heavy (non-hydrogen) atoms. The highest BCUT2D eigenvalue weighted by atomic mass is 19.2. The van der Waals surface area contributed by atoms with E-state index < -0.39 is 17.5 Å². The van der Waals surface area contributed by atoms with Crippen LogP contribution in [0.3, 0.4) is 0 Å². The van der Waals surface area contributed by atoms with E-state index in [0.717, 1.165) is 12.3 Å². The van der Waals surface area contributed by atoms with Crippen molar-refractivity contribution in [1.82, 2.24) is 0 Å². The first kappa shape index (κ1) is 14.9. The summed E-state index contributed by atoms with van der Waals surface area (Å²) in [5.41, 5.74) is 1.10. The van der Waals surface area contributed by atoms with Crippen molar-refractivity contribution in [2.24, 2.45) is 17.8 Å². The Morgan fingerprint density at radius 2 is 1.67 bits per heavy atom. The van der Waals surface area contributed by atoms with Crippen molar-refractivity contribution in [3.8, 4) is 0 Å². The fourth-order valence-corrected chi connectivity index (χ4v) is 4.32. The Morgan fingerprint density at radius 3 is 2.33 bits per heavy atom. The first-order chi connectivity index (χ1) is 10.1. The third kappa shape index (κ3) is 2.84. The van der Waals surface area contributed by atoms with Crippen LogP contribution >= 0.6 is 0 Å². The largest absolute Gasteiger partial charge is 0.204 e. The Morgan fingerprint density at radius 1 is 0.952 bits per heavy atom. The third-order valence-electron chi connectivity index (χ3n) is 5.74. The van der Waals surface area contributed by atoms with Crippen molar-refractivity contribution in [3.05, 3.63) is 34.6 Å².